The summed E-state index contributed by atoms with van der Waals surface area (Å²) in [7, 11) is 0. The van der Waals surface area contributed by atoms with E-state index in [9.17, 15) is 4.79 Å². The van der Waals surface area contributed by atoms with E-state index in [1.54, 1.807) is 12.4 Å². The minimum absolute atomic E-state index is 0.0222. The summed E-state index contributed by atoms with van der Waals surface area (Å²) in [4.78, 5) is 25.8. The van der Waals surface area contributed by atoms with E-state index < -0.39 is 6.17 Å². The lowest BCUT2D eigenvalue weighted by Crippen LogP contribution is -2.67. The zero-order valence-corrected chi connectivity index (χ0v) is 16.8. The number of hydrogen-bond donors (Lipinski definition) is 2. The average Bonchev–Trinajstić information content (AvgIpc) is 2.75. The number of hydrogen-bond acceptors (Lipinski definition) is 6. The first-order valence-electron chi connectivity index (χ1n) is 11.1. The molecule has 29 heavy (non-hydrogen) atoms. The molecule has 1 aromatic heterocycles. The SMILES string of the molecule is O=C1NC2CC(CN3CCN(c4cnccn4)CC3)CC(F)C2C2NCCCC12. The molecular weight excluding hydrogens is 371 g/mol. The highest BCUT2D eigenvalue weighted by Crippen LogP contribution is 2.40. The molecule has 1 saturated carbocycles. The molecule has 4 aliphatic rings. The van der Waals surface area contributed by atoms with Gasteiger partial charge >= 0.3 is 0 Å². The van der Waals surface area contributed by atoms with Gasteiger partial charge in [-0.2, -0.15) is 0 Å². The fourth-order valence-corrected chi connectivity index (χ4v) is 6.00. The third-order valence-corrected chi connectivity index (χ3v) is 7.37. The van der Waals surface area contributed by atoms with Gasteiger partial charge in [-0.1, -0.05) is 0 Å². The monoisotopic (exact) mass is 402 g/mol. The number of amides is 1. The summed E-state index contributed by atoms with van der Waals surface area (Å²) < 4.78 is 15.3. The normalized spacial score (nSPS) is 38.1. The van der Waals surface area contributed by atoms with Crippen molar-refractivity contribution in [1.29, 1.82) is 0 Å². The quantitative estimate of drug-likeness (QED) is 0.780. The van der Waals surface area contributed by atoms with Gasteiger partial charge in [-0.25, -0.2) is 9.37 Å². The molecule has 0 bridgehead atoms. The van der Waals surface area contributed by atoms with E-state index in [2.05, 4.69) is 30.4 Å². The minimum atomic E-state index is -0.835. The molecule has 2 N–H and O–H groups in total. The molecule has 7 nitrogen and oxygen atoms in total. The van der Waals surface area contributed by atoms with Crippen molar-refractivity contribution in [1.82, 2.24) is 25.5 Å². The van der Waals surface area contributed by atoms with Crippen LogP contribution in [0.3, 0.4) is 0 Å². The number of nitrogens with one attached hydrogen (secondary N) is 2. The molecule has 3 saturated heterocycles. The van der Waals surface area contributed by atoms with Crippen molar-refractivity contribution >= 4 is 11.7 Å². The van der Waals surface area contributed by atoms with Gasteiger partial charge in [0.05, 0.1) is 12.1 Å². The largest absolute Gasteiger partial charge is 0.353 e. The standard InChI is InChI=1S/C21H31FN6O/c22-16-10-14(11-17-19(16)20-15(21(29)26-17)2-1-3-25-20)13-27-6-8-28(9-7-27)18-12-23-4-5-24-18/h4-5,12,14-17,19-20,25H,1-3,6-11,13H2,(H,26,29). The van der Waals surface area contributed by atoms with Gasteiger partial charge in [0.1, 0.15) is 12.0 Å². The van der Waals surface area contributed by atoms with E-state index in [1.807, 2.05) is 6.20 Å². The molecule has 158 valence electrons. The third-order valence-electron chi connectivity index (χ3n) is 7.37. The van der Waals surface area contributed by atoms with Crippen molar-refractivity contribution in [3.63, 3.8) is 0 Å². The van der Waals surface area contributed by atoms with E-state index in [4.69, 9.17) is 0 Å². The summed E-state index contributed by atoms with van der Waals surface area (Å²) in [6, 6.07) is -0.00189. The van der Waals surface area contributed by atoms with Crippen LogP contribution in [-0.4, -0.2) is 78.3 Å². The lowest BCUT2D eigenvalue weighted by molar-refractivity contribution is -0.135. The molecule has 4 heterocycles. The highest BCUT2D eigenvalue weighted by atomic mass is 19.1. The van der Waals surface area contributed by atoms with Crippen molar-refractivity contribution < 1.29 is 9.18 Å². The van der Waals surface area contributed by atoms with Gasteiger partial charge < -0.3 is 15.5 Å². The maximum absolute atomic E-state index is 15.3. The summed E-state index contributed by atoms with van der Waals surface area (Å²) in [5, 5.41) is 6.65. The molecule has 6 unspecified atom stereocenters. The molecule has 0 spiro atoms. The molecule has 0 radical (unpaired) electrons. The molecule has 8 heteroatoms. The van der Waals surface area contributed by atoms with E-state index in [-0.39, 0.29) is 29.8 Å². The molecule has 5 rings (SSSR count). The number of piperazine rings is 1. The van der Waals surface area contributed by atoms with Gasteiger partial charge in [-0.05, 0) is 38.1 Å². The van der Waals surface area contributed by atoms with E-state index in [1.165, 1.54) is 0 Å². The van der Waals surface area contributed by atoms with Crippen LogP contribution in [0.2, 0.25) is 0 Å². The predicted molar refractivity (Wildman–Crippen MR) is 108 cm³/mol. The molecular formula is C21H31FN6O. The molecule has 0 aromatic carbocycles. The lowest BCUT2D eigenvalue weighted by Gasteiger charge is -2.51. The zero-order valence-electron chi connectivity index (χ0n) is 16.8. The first-order chi connectivity index (χ1) is 14.2. The van der Waals surface area contributed by atoms with Crippen LogP contribution < -0.4 is 15.5 Å². The molecule has 6 atom stereocenters. The Kier molecular flexibility index (Phi) is 5.39. The molecule has 3 aliphatic heterocycles. The molecule has 1 amide bonds. The van der Waals surface area contributed by atoms with E-state index in [0.29, 0.717) is 12.3 Å². The Labute approximate surface area is 171 Å². The second kappa shape index (κ2) is 8.14. The van der Waals surface area contributed by atoms with Gasteiger partial charge in [0.2, 0.25) is 5.91 Å². The zero-order chi connectivity index (χ0) is 19.8. The summed E-state index contributed by atoms with van der Waals surface area (Å²) in [5.41, 5.74) is 0. The smallest absolute Gasteiger partial charge is 0.224 e. The van der Waals surface area contributed by atoms with Crippen molar-refractivity contribution in [3.05, 3.63) is 18.6 Å². The summed E-state index contributed by atoms with van der Waals surface area (Å²) in [5.74, 6) is 1.25. The van der Waals surface area contributed by atoms with Crippen molar-refractivity contribution in [3.8, 4) is 0 Å². The predicted octanol–water partition coefficient (Wildman–Crippen LogP) is 0.830. The highest BCUT2D eigenvalue weighted by molar-refractivity contribution is 5.81. The van der Waals surface area contributed by atoms with Crippen LogP contribution in [0.25, 0.3) is 0 Å². The van der Waals surface area contributed by atoms with Crippen molar-refractivity contribution in [2.75, 3.05) is 44.2 Å². The Morgan fingerprint density at radius 2 is 2.03 bits per heavy atom. The van der Waals surface area contributed by atoms with Crippen LogP contribution in [0.1, 0.15) is 25.7 Å². The number of halogens is 1. The second-order valence-corrected chi connectivity index (χ2v) is 9.13. The third kappa shape index (κ3) is 3.84. The number of aromatic nitrogens is 2. The molecule has 4 fully saturated rings. The highest BCUT2D eigenvalue weighted by Gasteiger charge is 2.51. The Bertz CT molecular complexity index is 712. The van der Waals surface area contributed by atoms with E-state index >= 15 is 4.39 Å². The number of anilines is 1. The van der Waals surface area contributed by atoms with Crippen molar-refractivity contribution in [2.45, 2.75) is 43.9 Å². The van der Waals surface area contributed by atoms with Gasteiger partial charge in [0, 0.05) is 63.1 Å². The first-order valence-corrected chi connectivity index (χ1v) is 11.1. The number of rotatable bonds is 3. The van der Waals surface area contributed by atoms with Crippen LogP contribution >= 0.6 is 0 Å². The Morgan fingerprint density at radius 3 is 2.83 bits per heavy atom. The topological polar surface area (TPSA) is 73.4 Å². The van der Waals surface area contributed by atoms with Gasteiger partial charge in [-0.3, -0.25) is 14.7 Å². The number of alkyl halides is 1. The fraction of sp³-hybridized carbons (Fsp3) is 0.762. The van der Waals surface area contributed by atoms with Crippen LogP contribution in [-0.2, 0) is 4.79 Å². The van der Waals surface area contributed by atoms with Gasteiger partial charge in [0.25, 0.3) is 0 Å². The lowest BCUT2D eigenvalue weighted by atomic mass is 9.66. The Balaban J connectivity index is 1.17. The van der Waals surface area contributed by atoms with E-state index in [0.717, 1.165) is 64.3 Å². The van der Waals surface area contributed by atoms with Crippen LogP contribution in [0.15, 0.2) is 18.6 Å². The number of carbonyl (C=O) groups is 1. The Morgan fingerprint density at radius 1 is 1.17 bits per heavy atom. The summed E-state index contributed by atoms with van der Waals surface area (Å²) >= 11 is 0. The number of fused-ring (bicyclic) bond motifs is 3. The Hall–Kier alpha value is -1.80. The van der Waals surface area contributed by atoms with Gasteiger partial charge in [-0.15, -0.1) is 0 Å². The second-order valence-electron chi connectivity index (χ2n) is 9.13. The average molecular weight is 403 g/mol. The number of nitrogens with zero attached hydrogens (tertiary/aromatic N) is 4. The number of piperidine rings is 2. The summed E-state index contributed by atoms with van der Waals surface area (Å²) in [6.45, 7) is 5.56. The van der Waals surface area contributed by atoms with Gasteiger partial charge in [0.15, 0.2) is 0 Å². The van der Waals surface area contributed by atoms with Crippen molar-refractivity contribution in [2.24, 2.45) is 17.8 Å². The molecule has 1 aromatic rings. The molecule has 1 aliphatic carbocycles. The van der Waals surface area contributed by atoms with Crippen LogP contribution in [0, 0.1) is 17.8 Å². The van der Waals surface area contributed by atoms with Crippen LogP contribution in [0.4, 0.5) is 10.2 Å². The van der Waals surface area contributed by atoms with Crippen LogP contribution in [0.5, 0.6) is 0 Å². The fourth-order valence-electron chi connectivity index (χ4n) is 6.00. The number of carbonyl (C=O) groups excluding carboxylic acids is 1. The maximum Gasteiger partial charge on any atom is 0.224 e. The first kappa shape index (κ1) is 19.2. The maximum atomic E-state index is 15.3. The minimum Gasteiger partial charge on any atom is -0.353 e. The summed E-state index contributed by atoms with van der Waals surface area (Å²) in [6.07, 6.45) is 7.80.